The van der Waals surface area contributed by atoms with Crippen LogP contribution in [0.1, 0.15) is 27.5 Å². The van der Waals surface area contributed by atoms with Crippen LogP contribution >= 0.6 is 11.8 Å². The molecule has 1 aliphatic rings. The molecule has 0 aliphatic carbocycles. The van der Waals surface area contributed by atoms with Crippen LogP contribution in [0.4, 0.5) is 19.0 Å². The highest BCUT2D eigenvalue weighted by Gasteiger charge is 2.38. The molecule has 0 saturated heterocycles. The van der Waals surface area contributed by atoms with Crippen molar-refractivity contribution in [3.63, 3.8) is 0 Å². The van der Waals surface area contributed by atoms with Crippen LogP contribution < -0.4 is 10.2 Å². The van der Waals surface area contributed by atoms with Crippen LogP contribution in [0.2, 0.25) is 0 Å². The minimum Gasteiger partial charge on any atom is -0.350 e. The quantitative estimate of drug-likeness (QED) is 0.221. The van der Waals surface area contributed by atoms with Crippen molar-refractivity contribution in [1.29, 1.82) is 0 Å². The number of amides is 2. The zero-order chi connectivity index (χ0) is 30.8. The van der Waals surface area contributed by atoms with Crippen molar-refractivity contribution in [3.8, 4) is 16.9 Å². The number of rotatable bonds is 7. The SMILES string of the molecule is Cc1cccc(-n2nc(-c3ccccc3)c3c2N(CC(=O)NCc2ccc(F)cc2)C(=O)CS[C@@H]3c2ccc(F)cc2F)c1. The van der Waals surface area contributed by atoms with Crippen LogP contribution in [0.5, 0.6) is 0 Å². The van der Waals surface area contributed by atoms with E-state index in [0.717, 1.165) is 17.2 Å². The van der Waals surface area contributed by atoms with Crippen molar-refractivity contribution >= 4 is 29.4 Å². The smallest absolute Gasteiger partial charge is 0.240 e. The number of fused-ring (bicyclic) bond motifs is 1. The van der Waals surface area contributed by atoms with E-state index >= 15 is 4.39 Å². The molecule has 0 fully saturated rings. The highest BCUT2D eigenvalue weighted by Crippen LogP contribution is 2.49. The predicted molar refractivity (Wildman–Crippen MR) is 165 cm³/mol. The van der Waals surface area contributed by atoms with Gasteiger partial charge in [0.15, 0.2) is 0 Å². The zero-order valence-electron chi connectivity index (χ0n) is 23.6. The number of halogens is 3. The summed E-state index contributed by atoms with van der Waals surface area (Å²) in [4.78, 5) is 28.5. The lowest BCUT2D eigenvalue weighted by atomic mass is 9.99. The van der Waals surface area contributed by atoms with Gasteiger partial charge in [0.05, 0.1) is 22.4 Å². The minimum atomic E-state index is -0.742. The maximum atomic E-state index is 15.4. The Kier molecular flexibility index (Phi) is 8.25. The number of hydrogen-bond acceptors (Lipinski definition) is 4. The standard InChI is InChI=1S/C34H27F3N4O2S/c1-21-6-5-9-26(16-21)41-34-31(32(39-41)23-7-3-2-4-8-23)33(27-15-14-25(36)17-28(27)37)44-20-30(43)40(34)19-29(42)38-18-22-10-12-24(35)13-11-22/h2-17,33H,18-20H2,1H3,(H,38,42)/t33-/m1/s1. The molecule has 4 aromatic carbocycles. The summed E-state index contributed by atoms with van der Waals surface area (Å²) in [5, 5.41) is 7.05. The van der Waals surface area contributed by atoms with Crippen LogP contribution in [-0.2, 0) is 16.1 Å². The third kappa shape index (κ3) is 5.98. The number of hydrogen-bond donors (Lipinski definition) is 1. The summed E-state index contributed by atoms with van der Waals surface area (Å²) in [7, 11) is 0. The number of benzene rings is 4. The topological polar surface area (TPSA) is 67.2 Å². The third-order valence-corrected chi connectivity index (χ3v) is 8.57. The molecule has 0 spiro atoms. The molecule has 0 radical (unpaired) electrons. The summed E-state index contributed by atoms with van der Waals surface area (Å²) < 4.78 is 44.4. The van der Waals surface area contributed by atoms with Crippen molar-refractivity contribution < 1.29 is 22.8 Å². The second kappa shape index (κ2) is 12.4. The average Bonchev–Trinajstić information content (AvgIpc) is 3.35. The molecule has 5 aromatic rings. The van der Waals surface area contributed by atoms with E-state index in [0.29, 0.717) is 28.3 Å². The van der Waals surface area contributed by atoms with Gasteiger partial charge in [-0.25, -0.2) is 17.9 Å². The molecule has 0 saturated carbocycles. The van der Waals surface area contributed by atoms with Gasteiger partial charge in [-0.05, 0) is 48.4 Å². The van der Waals surface area contributed by atoms with Gasteiger partial charge >= 0.3 is 0 Å². The number of anilines is 1. The first kappa shape index (κ1) is 29.3. The van der Waals surface area contributed by atoms with Crippen molar-refractivity contribution in [1.82, 2.24) is 15.1 Å². The summed E-state index contributed by atoms with van der Waals surface area (Å²) >= 11 is 1.20. The fourth-order valence-corrected chi connectivity index (χ4v) is 6.45. The molecule has 1 N–H and O–H groups in total. The zero-order valence-corrected chi connectivity index (χ0v) is 24.5. The molecule has 1 atom stereocenters. The number of thioether (sulfide) groups is 1. The van der Waals surface area contributed by atoms with Gasteiger partial charge in [-0.2, -0.15) is 5.10 Å². The normalized spacial score (nSPS) is 14.7. The van der Waals surface area contributed by atoms with E-state index in [4.69, 9.17) is 5.10 Å². The molecular weight excluding hydrogens is 585 g/mol. The fourth-order valence-electron chi connectivity index (χ4n) is 5.23. The first-order valence-corrected chi connectivity index (χ1v) is 15.0. The van der Waals surface area contributed by atoms with Crippen LogP contribution in [-0.4, -0.2) is 33.9 Å². The van der Waals surface area contributed by atoms with Crippen molar-refractivity contribution in [2.24, 2.45) is 0 Å². The Hall–Kier alpha value is -4.83. The highest BCUT2D eigenvalue weighted by molar-refractivity contribution is 8.00. The monoisotopic (exact) mass is 612 g/mol. The lowest BCUT2D eigenvalue weighted by Gasteiger charge is -2.23. The molecule has 10 heteroatoms. The van der Waals surface area contributed by atoms with E-state index in [9.17, 15) is 18.4 Å². The number of aryl methyl sites for hydroxylation is 1. The summed E-state index contributed by atoms with van der Waals surface area (Å²) in [5.74, 6) is -2.38. The van der Waals surface area contributed by atoms with Gasteiger partial charge < -0.3 is 5.32 Å². The lowest BCUT2D eigenvalue weighted by molar-refractivity contribution is -0.123. The van der Waals surface area contributed by atoms with E-state index in [1.165, 1.54) is 40.9 Å². The van der Waals surface area contributed by atoms with Gasteiger partial charge in [0.25, 0.3) is 0 Å². The summed E-state index contributed by atoms with van der Waals surface area (Å²) in [5.41, 5.74) is 4.28. The van der Waals surface area contributed by atoms with Crippen molar-refractivity contribution in [3.05, 3.63) is 137 Å². The molecule has 1 aromatic heterocycles. The van der Waals surface area contributed by atoms with E-state index in [-0.39, 0.29) is 36.1 Å². The van der Waals surface area contributed by atoms with Crippen LogP contribution in [0.3, 0.4) is 0 Å². The summed E-state index contributed by atoms with van der Waals surface area (Å²) in [6.07, 6.45) is 0. The molecule has 0 bridgehead atoms. The van der Waals surface area contributed by atoms with Crippen LogP contribution in [0.25, 0.3) is 16.9 Å². The van der Waals surface area contributed by atoms with Crippen molar-refractivity contribution in [2.45, 2.75) is 18.7 Å². The maximum Gasteiger partial charge on any atom is 0.240 e. The largest absolute Gasteiger partial charge is 0.350 e. The Labute approximate surface area is 256 Å². The minimum absolute atomic E-state index is 0.0660. The molecule has 1 aliphatic heterocycles. The highest BCUT2D eigenvalue weighted by atomic mass is 32.2. The number of carbonyl (C=O) groups excluding carboxylic acids is 2. The van der Waals surface area contributed by atoms with Gasteiger partial charge in [-0.15, -0.1) is 11.8 Å². The van der Waals surface area contributed by atoms with Gasteiger partial charge in [-0.3, -0.25) is 14.5 Å². The molecular formula is C34H27F3N4O2S. The molecule has 2 heterocycles. The number of aromatic nitrogens is 2. The summed E-state index contributed by atoms with van der Waals surface area (Å²) in [6.45, 7) is 1.73. The Morgan fingerprint density at radius 2 is 1.68 bits per heavy atom. The Bertz CT molecular complexity index is 1840. The molecule has 222 valence electrons. The molecule has 44 heavy (non-hydrogen) atoms. The lowest BCUT2D eigenvalue weighted by Crippen LogP contribution is -2.42. The molecule has 0 unspecified atom stereocenters. The Balaban J connectivity index is 1.51. The fraction of sp³-hybridized carbons (Fsp3) is 0.147. The van der Waals surface area contributed by atoms with Gasteiger partial charge in [0.2, 0.25) is 11.8 Å². The summed E-state index contributed by atoms with van der Waals surface area (Å²) in [6, 6.07) is 26.1. The third-order valence-electron chi connectivity index (χ3n) is 7.33. The number of carbonyl (C=O) groups is 2. The first-order valence-electron chi connectivity index (χ1n) is 13.9. The Morgan fingerprint density at radius 3 is 2.41 bits per heavy atom. The predicted octanol–water partition coefficient (Wildman–Crippen LogP) is 6.75. The van der Waals surface area contributed by atoms with Crippen LogP contribution in [0.15, 0.2) is 97.1 Å². The van der Waals surface area contributed by atoms with E-state index in [2.05, 4.69) is 5.32 Å². The Morgan fingerprint density at radius 1 is 0.932 bits per heavy atom. The van der Waals surface area contributed by atoms with E-state index in [1.807, 2.05) is 61.5 Å². The number of nitrogens with one attached hydrogen (secondary N) is 1. The second-order valence-corrected chi connectivity index (χ2v) is 11.5. The second-order valence-electron chi connectivity index (χ2n) is 10.4. The van der Waals surface area contributed by atoms with Gasteiger partial charge in [-0.1, -0.05) is 60.7 Å². The van der Waals surface area contributed by atoms with Crippen LogP contribution in [0, 0.1) is 24.4 Å². The maximum absolute atomic E-state index is 15.4. The average molecular weight is 613 g/mol. The number of nitrogens with zero attached hydrogens (tertiary/aromatic N) is 3. The van der Waals surface area contributed by atoms with E-state index < -0.39 is 22.8 Å². The van der Waals surface area contributed by atoms with Gasteiger partial charge in [0, 0.05) is 29.3 Å². The molecule has 2 amide bonds. The molecule has 6 nitrogen and oxygen atoms in total. The van der Waals surface area contributed by atoms with Gasteiger partial charge in [0.1, 0.15) is 29.8 Å². The first-order chi connectivity index (χ1) is 21.3. The van der Waals surface area contributed by atoms with E-state index in [1.54, 1.807) is 16.8 Å². The van der Waals surface area contributed by atoms with Crippen molar-refractivity contribution in [2.75, 3.05) is 17.2 Å². The molecule has 6 rings (SSSR count).